The van der Waals surface area contributed by atoms with Crippen molar-refractivity contribution in [2.24, 2.45) is 5.92 Å². The minimum Gasteiger partial charge on any atom is -0.490 e. The second kappa shape index (κ2) is 9.64. The molecule has 178 valence electrons. The summed E-state index contributed by atoms with van der Waals surface area (Å²) in [6, 6.07) is 18.6. The van der Waals surface area contributed by atoms with Crippen LogP contribution in [-0.2, 0) is 26.2 Å². The monoisotopic (exact) mass is 481 g/mol. The van der Waals surface area contributed by atoms with Gasteiger partial charge in [-0.3, -0.25) is 4.79 Å². The van der Waals surface area contributed by atoms with Crippen molar-refractivity contribution in [3.8, 4) is 11.5 Å². The molecule has 5 rings (SSSR count). The fraction of sp³-hybridized carbons (Fsp3) is 0.346. The van der Waals surface area contributed by atoms with Crippen LogP contribution in [0.15, 0.2) is 65.6 Å². The molecule has 2 aliphatic heterocycles. The third-order valence-electron chi connectivity index (χ3n) is 6.39. The van der Waals surface area contributed by atoms with Crippen molar-refractivity contribution in [1.82, 2.24) is 4.31 Å². The molecule has 0 unspecified atom stereocenters. The molecule has 34 heavy (non-hydrogen) atoms. The van der Waals surface area contributed by atoms with Gasteiger partial charge < -0.3 is 14.2 Å². The number of carbonyl (C=O) groups excluding carboxylic acids is 1. The van der Waals surface area contributed by atoms with Crippen molar-refractivity contribution < 1.29 is 27.4 Å². The fourth-order valence-electron chi connectivity index (χ4n) is 4.47. The molecule has 0 bridgehead atoms. The molecular formula is C26H27NO6S. The van der Waals surface area contributed by atoms with Crippen molar-refractivity contribution in [2.45, 2.75) is 30.8 Å². The maximum atomic E-state index is 13.2. The van der Waals surface area contributed by atoms with Gasteiger partial charge in [0.1, 0.15) is 6.61 Å². The zero-order chi connectivity index (χ0) is 23.5. The number of nitrogens with zero attached hydrogens (tertiary/aromatic N) is 1. The second-order valence-corrected chi connectivity index (χ2v) is 10.5. The maximum absolute atomic E-state index is 13.2. The first kappa shape index (κ1) is 22.7. The van der Waals surface area contributed by atoms with Gasteiger partial charge >= 0.3 is 5.97 Å². The Morgan fingerprint density at radius 1 is 0.941 bits per heavy atom. The summed E-state index contributed by atoms with van der Waals surface area (Å²) in [5.41, 5.74) is 0.959. The largest absolute Gasteiger partial charge is 0.490 e. The van der Waals surface area contributed by atoms with E-state index in [1.807, 2.05) is 42.5 Å². The van der Waals surface area contributed by atoms with Gasteiger partial charge in [-0.05, 0) is 41.3 Å². The zero-order valence-electron chi connectivity index (χ0n) is 18.8. The van der Waals surface area contributed by atoms with E-state index in [4.69, 9.17) is 14.2 Å². The standard InChI is InChI=1S/C26H27NO6S/c28-26(33-18-21-7-3-6-19-5-1-2-8-23(19)21)20-11-13-27(14-12-20)34(29,30)22-9-10-24-25(17-22)32-16-4-15-31-24/h1-3,5-10,17,20H,4,11-16,18H2. The lowest BCUT2D eigenvalue weighted by Crippen LogP contribution is -2.40. The summed E-state index contributed by atoms with van der Waals surface area (Å²) >= 11 is 0. The molecule has 0 amide bonds. The Hall–Kier alpha value is -3.10. The molecule has 0 atom stereocenters. The fourth-order valence-corrected chi connectivity index (χ4v) is 5.96. The number of fused-ring (bicyclic) bond motifs is 2. The van der Waals surface area contributed by atoms with E-state index in [1.54, 1.807) is 12.1 Å². The summed E-state index contributed by atoms with van der Waals surface area (Å²) < 4.78 is 44.7. The first-order valence-corrected chi connectivity index (χ1v) is 13.0. The van der Waals surface area contributed by atoms with Crippen LogP contribution < -0.4 is 9.47 Å². The molecular weight excluding hydrogens is 454 g/mol. The molecule has 2 heterocycles. The van der Waals surface area contributed by atoms with Crippen molar-refractivity contribution in [3.63, 3.8) is 0 Å². The van der Waals surface area contributed by atoms with Gasteiger partial charge in [-0.2, -0.15) is 4.31 Å². The number of sulfonamides is 1. The van der Waals surface area contributed by atoms with E-state index in [0.717, 1.165) is 22.8 Å². The van der Waals surface area contributed by atoms with Gasteiger partial charge in [0.2, 0.25) is 10.0 Å². The van der Waals surface area contributed by atoms with Crippen LogP contribution in [0.25, 0.3) is 10.8 Å². The number of hydrogen-bond donors (Lipinski definition) is 0. The Balaban J connectivity index is 1.20. The molecule has 3 aromatic carbocycles. The lowest BCUT2D eigenvalue weighted by molar-refractivity contribution is -0.151. The Labute approximate surface area is 199 Å². The Morgan fingerprint density at radius 3 is 2.50 bits per heavy atom. The second-order valence-electron chi connectivity index (χ2n) is 8.58. The first-order valence-electron chi connectivity index (χ1n) is 11.6. The molecule has 0 spiro atoms. The predicted molar refractivity (Wildman–Crippen MR) is 127 cm³/mol. The van der Waals surface area contributed by atoms with E-state index in [1.165, 1.54) is 10.4 Å². The number of ether oxygens (including phenoxy) is 3. The van der Waals surface area contributed by atoms with Gasteiger partial charge in [0.05, 0.1) is 24.0 Å². The molecule has 0 aromatic heterocycles. The predicted octanol–water partition coefficient (Wildman–Crippen LogP) is 4.15. The van der Waals surface area contributed by atoms with E-state index in [2.05, 4.69) is 0 Å². The molecule has 1 saturated heterocycles. The molecule has 7 nitrogen and oxygen atoms in total. The summed E-state index contributed by atoms with van der Waals surface area (Å²) in [6.07, 6.45) is 1.61. The number of rotatable bonds is 5. The molecule has 3 aromatic rings. The number of carbonyl (C=O) groups is 1. The Kier molecular flexibility index (Phi) is 6.43. The molecule has 0 saturated carbocycles. The Morgan fingerprint density at radius 2 is 1.68 bits per heavy atom. The minimum absolute atomic E-state index is 0.175. The summed E-state index contributed by atoms with van der Waals surface area (Å²) in [4.78, 5) is 12.9. The van der Waals surface area contributed by atoms with Crippen molar-refractivity contribution in [2.75, 3.05) is 26.3 Å². The van der Waals surface area contributed by atoms with Crippen LogP contribution in [0, 0.1) is 5.92 Å². The number of esters is 1. The SMILES string of the molecule is O=C(OCc1cccc2ccccc12)C1CCN(S(=O)(=O)c2ccc3c(c2)OCCCO3)CC1. The maximum Gasteiger partial charge on any atom is 0.309 e. The van der Waals surface area contributed by atoms with Crippen molar-refractivity contribution in [3.05, 3.63) is 66.2 Å². The van der Waals surface area contributed by atoms with Crippen molar-refractivity contribution >= 4 is 26.8 Å². The molecule has 2 aliphatic rings. The Bertz CT molecular complexity index is 1290. The van der Waals surface area contributed by atoms with Gasteiger partial charge in [-0.1, -0.05) is 42.5 Å². The van der Waals surface area contributed by atoms with E-state index in [0.29, 0.717) is 37.6 Å². The highest BCUT2D eigenvalue weighted by Crippen LogP contribution is 2.34. The average molecular weight is 482 g/mol. The normalized spacial score (nSPS) is 17.3. The van der Waals surface area contributed by atoms with Crippen LogP contribution in [0.2, 0.25) is 0 Å². The van der Waals surface area contributed by atoms with E-state index in [9.17, 15) is 13.2 Å². The van der Waals surface area contributed by atoms with Crippen LogP contribution in [-0.4, -0.2) is 45.0 Å². The quantitative estimate of drug-likeness (QED) is 0.510. The molecule has 0 radical (unpaired) electrons. The summed E-state index contributed by atoms with van der Waals surface area (Å²) in [6.45, 7) is 1.78. The van der Waals surface area contributed by atoms with E-state index < -0.39 is 10.0 Å². The van der Waals surface area contributed by atoms with Gasteiger partial charge in [0, 0.05) is 25.6 Å². The number of piperidine rings is 1. The van der Waals surface area contributed by atoms with Gasteiger partial charge in [0.15, 0.2) is 11.5 Å². The average Bonchev–Trinajstić information content (AvgIpc) is 3.12. The topological polar surface area (TPSA) is 82.1 Å². The minimum atomic E-state index is -3.69. The van der Waals surface area contributed by atoms with Crippen molar-refractivity contribution in [1.29, 1.82) is 0 Å². The summed E-state index contributed by atoms with van der Waals surface area (Å²) in [5.74, 6) is 0.417. The van der Waals surface area contributed by atoms with E-state index >= 15 is 0 Å². The number of benzene rings is 3. The summed E-state index contributed by atoms with van der Waals surface area (Å²) in [5, 5.41) is 2.16. The highest BCUT2D eigenvalue weighted by atomic mass is 32.2. The lowest BCUT2D eigenvalue weighted by Gasteiger charge is -2.30. The smallest absolute Gasteiger partial charge is 0.309 e. The van der Waals surface area contributed by atoms with Crippen LogP contribution in [0.3, 0.4) is 0 Å². The highest BCUT2D eigenvalue weighted by Gasteiger charge is 2.33. The molecule has 0 N–H and O–H groups in total. The first-order chi connectivity index (χ1) is 16.5. The van der Waals surface area contributed by atoms with Crippen LogP contribution in [0.5, 0.6) is 11.5 Å². The lowest BCUT2D eigenvalue weighted by atomic mass is 9.98. The highest BCUT2D eigenvalue weighted by molar-refractivity contribution is 7.89. The molecule has 8 heteroatoms. The molecule has 0 aliphatic carbocycles. The number of hydrogen-bond acceptors (Lipinski definition) is 6. The van der Waals surface area contributed by atoms with Gasteiger partial charge in [-0.15, -0.1) is 0 Å². The van der Waals surface area contributed by atoms with Gasteiger partial charge in [-0.25, -0.2) is 8.42 Å². The van der Waals surface area contributed by atoms with Crippen LogP contribution in [0.4, 0.5) is 0 Å². The molecule has 1 fully saturated rings. The summed E-state index contributed by atoms with van der Waals surface area (Å²) in [7, 11) is -3.69. The van der Waals surface area contributed by atoms with E-state index in [-0.39, 0.29) is 36.5 Å². The van der Waals surface area contributed by atoms with Crippen LogP contribution in [0.1, 0.15) is 24.8 Å². The van der Waals surface area contributed by atoms with Crippen LogP contribution >= 0.6 is 0 Å². The zero-order valence-corrected chi connectivity index (χ0v) is 19.6. The van der Waals surface area contributed by atoms with Gasteiger partial charge in [0.25, 0.3) is 0 Å². The third kappa shape index (κ3) is 4.60. The third-order valence-corrected chi connectivity index (χ3v) is 8.29.